The van der Waals surface area contributed by atoms with E-state index in [0.717, 1.165) is 28.1 Å². The summed E-state index contributed by atoms with van der Waals surface area (Å²) in [4.78, 5) is 12.2. The zero-order chi connectivity index (χ0) is 14.4. The fraction of sp³-hybridized carbons (Fsp3) is 0.125. The summed E-state index contributed by atoms with van der Waals surface area (Å²) in [6.45, 7) is 2.07. The van der Waals surface area contributed by atoms with Gasteiger partial charge in [0.2, 0.25) is 0 Å². The largest absolute Gasteiger partial charge is 0.453 e. The Morgan fingerprint density at radius 1 is 1.10 bits per heavy atom. The van der Waals surface area contributed by atoms with Crippen molar-refractivity contribution >= 4 is 28.0 Å². The molecule has 104 valence electrons. The molecule has 21 heavy (non-hydrogen) atoms. The molecule has 0 amide bonds. The summed E-state index contributed by atoms with van der Waals surface area (Å²) in [7, 11) is 1.84. The van der Waals surface area contributed by atoms with Gasteiger partial charge in [-0.2, -0.15) is 0 Å². The fourth-order valence-electron chi connectivity index (χ4n) is 2.43. The number of anilines is 1. The number of H-pyrrole nitrogens is 1. The Morgan fingerprint density at radius 3 is 2.86 bits per heavy atom. The summed E-state index contributed by atoms with van der Waals surface area (Å²) in [6, 6.07) is 12.0. The van der Waals surface area contributed by atoms with E-state index in [0.29, 0.717) is 11.5 Å². The van der Waals surface area contributed by atoms with Gasteiger partial charge in [0.1, 0.15) is 11.4 Å². The SMILES string of the molecule is CNc1ccc2[nH]c(-c3cc4cc(C)ccc4o3)nc2n1. The summed E-state index contributed by atoms with van der Waals surface area (Å²) in [5.74, 6) is 2.21. The number of furan rings is 1. The number of fused-ring (bicyclic) bond motifs is 2. The molecule has 4 aromatic rings. The van der Waals surface area contributed by atoms with E-state index >= 15 is 0 Å². The van der Waals surface area contributed by atoms with Gasteiger partial charge in [0, 0.05) is 12.4 Å². The minimum atomic E-state index is 0.675. The Bertz CT molecular complexity index is 951. The second-order valence-corrected chi connectivity index (χ2v) is 5.06. The predicted molar refractivity (Wildman–Crippen MR) is 83.4 cm³/mol. The van der Waals surface area contributed by atoms with Crippen LogP contribution >= 0.6 is 0 Å². The number of aromatic amines is 1. The highest BCUT2D eigenvalue weighted by Gasteiger charge is 2.11. The Morgan fingerprint density at radius 2 is 2.00 bits per heavy atom. The van der Waals surface area contributed by atoms with Crippen LogP contribution in [-0.4, -0.2) is 22.0 Å². The lowest BCUT2D eigenvalue weighted by Crippen LogP contribution is -1.91. The van der Waals surface area contributed by atoms with Gasteiger partial charge in [-0.15, -0.1) is 0 Å². The Balaban J connectivity index is 1.87. The minimum absolute atomic E-state index is 0.675. The monoisotopic (exact) mass is 278 g/mol. The van der Waals surface area contributed by atoms with Crippen LogP contribution in [0, 0.1) is 6.92 Å². The molecule has 0 aliphatic carbocycles. The van der Waals surface area contributed by atoms with Crippen LogP contribution in [0.25, 0.3) is 33.7 Å². The molecular weight excluding hydrogens is 264 g/mol. The van der Waals surface area contributed by atoms with Crippen LogP contribution in [0.3, 0.4) is 0 Å². The molecule has 0 atom stereocenters. The number of aryl methyl sites for hydroxylation is 1. The number of nitrogens with zero attached hydrogens (tertiary/aromatic N) is 2. The number of hydrogen-bond donors (Lipinski definition) is 2. The van der Waals surface area contributed by atoms with Crippen molar-refractivity contribution in [1.82, 2.24) is 15.0 Å². The first kappa shape index (κ1) is 12.0. The van der Waals surface area contributed by atoms with Gasteiger partial charge >= 0.3 is 0 Å². The van der Waals surface area contributed by atoms with Gasteiger partial charge in [-0.3, -0.25) is 0 Å². The number of rotatable bonds is 2. The van der Waals surface area contributed by atoms with Crippen LogP contribution < -0.4 is 5.32 Å². The van der Waals surface area contributed by atoms with Gasteiger partial charge < -0.3 is 14.7 Å². The molecular formula is C16H14N4O. The average molecular weight is 278 g/mol. The highest BCUT2D eigenvalue weighted by Crippen LogP contribution is 2.28. The lowest BCUT2D eigenvalue weighted by atomic mass is 10.2. The minimum Gasteiger partial charge on any atom is -0.453 e. The van der Waals surface area contributed by atoms with Gasteiger partial charge in [0.25, 0.3) is 0 Å². The highest BCUT2D eigenvalue weighted by molar-refractivity contribution is 5.84. The molecule has 0 unspecified atom stereocenters. The molecule has 0 aliphatic rings. The van der Waals surface area contributed by atoms with E-state index in [1.54, 1.807) is 0 Å². The van der Waals surface area contributed by atoms with Crippen molar-refractivity contribution in [1.29, 1.82) is 0 Å². The van der Waals surface area contributed by atoms with E-state index in [-0.39, 0.29) is 0 Å². The summed E-state index contributed by atoms with van der Waals surface area (Å²) in [5.41, 5.74) is 3.63. The van der Waals surface area contributed by atoms with E-state index in [2.05, 4.69) is 33.3 Å². The summed E-state index contributed by atoms with van der Waals surface area (Å²) < 4.78 is 5.86. The molecule has 3 aromatic heterocycles. The normalized spacial score (nSPS) is 11.3. The molecule has 0 fully saturated rings. The Hall–Kier alpha value is -2.82. The van der Waals surface area contributed by atoms with E-state index < -0.39 is 0 Å². The van der Waals surface area contributed by atoms with Gasteiger partial charge in [-0.25, -0.2) is 9.97 Å². The van der Waals surface area contributed by atoms with Crippen LogP contribution in [0.5, 0.6) is 0 Å². The maximum atomic E-state index is 5.86. The van der Waals surface area contributed by atoms with Crippen LogP contribution in [0.15, 0.2) is 40.8 Å². The quantitative estimate of drug-likeness (QED) is 0.586. The fourth-order valence-corrected chi connectivity index (χ4v) is 2.43. The standard InChI is InChI=1S/C16H14N4O/c1-9-3-5-12-10(7-9)8-13(21-12)16-18-11-4-6-14(17-2)19-15(11)20-16/h3-8H,1-2H3,(H2,17,18,19,20). The number of nitrogens with one attached hydrogen (secondary N) is 2. The first-order valence-electron chi connectivity index (χ1n) is 6.78. The number of aromatic nitrogens is 3. The first-order chi connectivity index (χ1) is 10.2. The highest BCUT2D eigenvalue weighted by atomic mass is 16.3. The van der Waals surface area contributed by atoms with Crippen molar-refractivity contribution in [3.63, 3.8) is 0 Å². The molecule has 0 saturated carbocycles. The molecule has 0 spiro atoms. The third kappa shape index (κ3) is 1.94. The second-order valence-electron chi connectivity index (χ2n) is 5.06. The summed E-state index contributed by atoms with van der Waals surface area (Å²) in [6.07, 6.45) is 0. The molecule has 3 heterocycles. The molecule has 1 aromatic carbocycles. The van der Waals surface area contributed by atoms with Gasteiger partial charge in [0.05, 0.1) is 5.52 Å². The van der Waals surface area contributed by atoms with Crippen molar-refractivity contribution < 1.29 is 4.42 Å². The molecule has 0 radical (unpaired) electrons. The number of pyridine rings is 1. The topological polar surface area (TPSA) is 66.7 Å². The van der Waals surface area contributed by atoms with Gasteiger partial charge in [0.15, 0.2) is 17.2 Å². The van der Waals surface area contributed by atoms with Gasteiger partial charge in [-0.05, 0) is 37.3 Å². The molecule has 5 heteroatoms. The van der Waals surface area contributed by atoms with Crippen LogP contribution in [0.4, 0.5) is 5.82 Å². The van der Waals surface area contributed by atoms with E-state index in [9.17, 15) is 0 Å². The maximum absolute atomic E-state index is 5.86. The van der Waals surface area contributed by atoms with Crippen molar-refractivity contribution in [2.75, 3.05) is 12.4 Å². The third-order valence-electron chi connectivity index (χ3n) is 3.51. The zero-order valence-electron chi connectivity index (χ0n) is 11.8. The van der Waals surface area contributed by atoms with Crippen molar-refractivity contribution in [3.8, 4) is 11.6 Å². The van der Waals surface area contributed by atoms with Crippen molar-refractivity contribution in [3.05, 3.63) is 42.0 Å². The zero-order valence-corrected chi connectivity index (χ0v) is 11.8. The van der Waals surface area contributed by atoms with Crippen molar-refractivity contribution in [2.45, 2.75) is 6.92 Å². The second kappa shape index (κ2) is 4.34. The predicted octanol–water partition coefficient (Wildman–Crippen LogP) is 3.72. The van der Waals surface area contributed by atoms with Crippen molar-refractivity contribution in [2.24, 2.45) is 0 Å². The summed E-state index contributed by atoms with van der Waals surface area (Å²) in [5, 5.41) is 4.09. The summed E-state index contributed by atoms with van der Waals surface area (Å²) >= 11 is 0. The molecule has 0 saturated heterocycles. The lowest BCUT2D eigenvalue weighted by Gasteiger charge is -1.95. The lowest BCUT2D eigenvalue weighted by molar-refractivity contribution is 0.626. The molecule has 0 aliphatic heterocycles. The van der Waals surface area contributed by atoms with Crippen LogP contribution in [0.1, 0.15) is 5.56 Å². The number of hydrogen-bond acceptors (Lipinski definition) is 4. The van der Waals surface area contributed by atoms with E-state index in [1.807, 2.05) is 37.4 Å². The van der Waals surface area contributed by atoms with E-state index in [4.69, 9.17) is 4.42 Å². The average Bonchev–Trinajstić information content (AvgIpc) is 3.08. The third-order valence-corrected chi connectivity index (χ3v) is 3.51. The number of benzene rings is 1. The van der Waals surface area contributed by atoms with Gasteiger partial charge in [-0.1, -0.05) is 11.6 Å². The Kier molecular flexibility index (Phi) is 2.47. The van der Waals surface area contributed by atoms with Crippen LogP contribution in [-0.2, 0) is 0 Å². The maximum Gasteiger partial charge on any atom is 0.180 e. The molecule has 4 rings (SSSR count). The molecule has 0 bridgehead atoms. The number of imidazole rings is 1. The smallest absolute Gasteiger partial charge is 0.180 e. The van der Waals surface area contributed by atoms with E-state index in [1.165, 1.54) is 5.56 Å². The Labute approximate surface area is 121 Å². The molecule has 2 N–H and O–H groups in total. The first-order valence-corrected chi connectivity index (χ1v) is 6.78. The van der Waals surface area contributed by atoms with Crippen LogP contribution in [0.2, 0.25) is 0 Å². The molecule has 5 nitrogen and oxygen atoms in total.